The Morgan fingerprint density at radius 1 is 1.20 bits per heavy atom. The van der Waals surface area contributed by atoms with E-state index in [0.717, 1.165) is 17.4 Å². The topological polar surface area (TPSA) is 105 Å². The number of fused-ring (bicyclic) bond motifs is 1. The normalized spacial score (nSPS) is 11.7. The minimum Gasteiger partial charge on any atom is -0.477 e. The molecule has 0 aliphatic carbocycles. The largest absolute Gasteiger partial charge is 0.477 e. The summed E-state index contributed by atoms with van der Waals surface area (Å²) >= 11 is 12.3. The number of benzene rings is 2. The Labute approximate surface area is 182 Å². The maximum absolute atomic E-state index is 12.7. The molecule has 2 N–H and O–H groups in total. The summed E-state index contributed by atoms with van der Waals surface area (Å²) in [5, 5.41) is 10.5. The lowest BCUT2D eigenvalue weighted by molar-refractivity contribution is 0.0694. The first kappa shape index (κ1) is 22.3. The van der Waals surface area contributed by atoms with Crippen LogP contribution in [0.25, 0.3) is 10.9 Å². The van der Waals surface area contributed by atoms with E-state index in [-0.39, 0.29) is 24.0 Å². The first-order chi connectivity index (χ1) is 14.1. The smallest absolute Gasteiger partial charge is 0.341 e. The molecule has 1 aromatic heterocycles. The number of hydrogen-bond donors (Lipinski definition) is 2. The molecule has 30 heavy (non-hydrogen) atoms. The number of carbonyl (C=O) groups is 1. The quantitative estimate of drug-likeness (QED) is 0.553. The lowest BCUT2D eigenvalue weighted by Gasteiger charge is -2.14. The molecule has 0 atom stereocenters. The summed E-state index contributed by atoms with van der Waals surface area (Å²) in [5.41, 5.74) is 1.03. The van der Waals surface area contributed by atoms with Gasteiger partial charge in [0.25, 0.3) is 0 Å². The number of aromatic carboxylic acids is 1. The summed E-state index contributed by atoms with van der Waals surface area (Å²) in [6.07, 6.45) is 2.67. The number of aromatic nitrogens is 1. The monoisotopic (exact) mass is 468 g/mol. The molecule has 10 heteroatoms. The molecular weight excluding hydrogens is 451 g/mol. The molecule has 158 valence electrons. The molecule has 7 nitrogen and oxygen atoms in total. The maximum atomic E-state index is 12.7. The third kappa shape index (κ3) is 5.02. The lowest BCUT2D eigenvalue weighted by atomic mass is 10.0. The van der Waals surface area contributed by atoms with E-state index in [9.17, 15) is 23.1 Å². The second kappa shape index (κ2) is 8.77. The van der Waals surface area contributed by atoms with Crippen molar-refractivity contribution in [3.8, 4) is 0 Å². The van der Waals surface area contributed by atoms with E-state index in [1.807, 2.05) is 6.07 Å². The van der Waals surface area contributed by atoms with Crippen molar-refractivity contribution < 1.29 is 18.3 Å². The number of sulfonamides is 1. The molecule has 0 bridgehead atoms. The van der Waals surface area contributed by atoms with Gasteiger partial charge in [0.2, 0.25) is 15.5 Å². The van der Waals surface area contributed by atoms with E-state index in [1.54, 1.807) is 34.9 Å². The fourth-order valence-electron chi connectivity index (χ4n) is 3.15. The van der Waals surface area contributed by atoms with Gasteiger partial charge in [-0.1, -0.05) is 41.4 Å². The van der Waals surface area contributed by atoms with Crippen LogP contribution in [0, 0.1) is 0 Å². The van der Waals surface area contributed by atoms with Crippen molar-refractivity contribution in [2.75, 3.05) is 12.8 Å². The summed E-state index contributed by atoms with van der Waals surface area (Å²) in [7, 11) is -3.40. The van der Waals surface area contributed by atoms with Gasteiger partial charge in [-0.05, 0) is 35.7 Å². The van der Waals surface area contributed by atoms with Crippen molar-refractivity contribution in [2.24, 2.45) is 0 Å². The van der Waals surface area contributed by atoms with Gasteiger partial charge in [-0.15, -0.1) is 0 Å². The summed E-state index contributed by atoms with van der Waals surface area (Å²) < 4.78 is 26.5. The average molecular weight is 469 g/mol. The van der Waals surface area contributed by atoms with E-state index in [2.05, 4.69) is 4.72 Å². The van der Waals surface area contributed by atoms with Crippen molar-refractivity contribution in [2.45, 2.75) is 13.0 Å². The Balaban J connectivity index is 2.06. The number of nitrogens with one attached hydrogen (secondary N) is 1. The summed E-state index contributed by atoms with van der Waals surface area (Å²) in [6.45, 7) is 0.208. The number of carboxylic acid groups (broad SMARTS) is 1. The van der Waals surface area contributed by atoms with E-state index in [4.69, 9.17) is 23.2 Å². The van der Waals surface area contributed by atoms with Gasteiger partial charge < -0.3 is 9.67 Å². The first-order valence-electron chi connectivity index (χ1n) is 8.83. The van der Waals surface area contributed by atoms with Gasteiger partial charge in [0, 0.05) is 24.7 Å². The second-order valence-electron chi connectivity index (χ2n) is 6.78. The van der Waals surface area contributed by atoms with Crippen LogP contribution < -0.4 is 10.2 Å². The molecule has 0 amide bonds. The average Bonchev–Trinajstić information content (AvgIpc) is 2.66. The molecule has 0 spiro atoms. The van der Waals surface area contributed by atoms with Crippen LogP contribution in [-0.2, 0) is 23.0 Å². The molecule has 3 aromatic rings. The molecule has 0 unspecified atom stereocenters. The highest BCUT2D eigenvalue weighted by atomic mass is 35.5. The Hall–Kier alpha value is -2.39. The predicted molar refractivity (Wildman–Crippen MR) is 117 cm³/mol. The molecule has 0 saturated heterocycles. The zero-order valence-electron chi connectivity index (χ0n) is 15.9. The fourth-order valence-corrected chi connectivity index (χ4v) is 4.00. The van der Waals surface area contributed by atoms with Crippen LogP contribution in [0.2, 0.25) is 10.0 Å². The molecule has 0 saturated carbocycles. The standard InChI is InChI=1S/C20H18Cl2N2O5S/c1-30(28,29)23-7-8-24-11-15(20(26)27)19(25)14-10-12(5-6-17(14)24)9-13-3-2-4-16(21)18(13)22/h2-6,10-11,23H,7-9H2,1H3,(H,26,27). The minimum atomic E-state index is -3.40. The number of pyridine rings is 1. The molecule has 1 heterocycles. The van der Waals surface area contributed by atoms with Crippen LogP contribution in [0.5, 0.6) is 0 Å². The van der Waals surface area contributed by atoms with E-state index in [1.165, 1.54) is 6.20 Å². The highest BCUT2D eigenvalue weighted by Gasteiger charge is 2.16. The molecule has 0 fully saturated rings. The number of halogens is 2. The van der Waals surface area contributed by atoms with Crippen molar-refractivity contribution in [3.05, 3.63) is 79.6 Å². The van der Waals surface area contributed by atoms with Gasteiger partial charge >= 0.3 is 5.97 Å². The van der Waals surface area contributed by atoms with Crippen LogP contribution in [0.3, 0.4) is 0 Å². The minimum absolute atomic E-state index is 0.0513. The van der Waals surface area contributed by atoms with Crippen molar-refractivity contribution >= 4 is 50.1 Å². The lowest BCUT2D eigenvalue weighted by Crippen LogP contribution is -2.27. The van der Waals surface area contributed by atoms with Crippen molar-refractivity contribution in [1.82, 2.24) is 9.29 Å². The number of nitrogens with zero attached hydrogens (tertiary/aromatic N) is 1. The van der Waals surface area contributed by atoms with Gasteiger partial charge in [0.15, 0.2) is 0 Å². The number of hydrogen-bond acceptors (Lipinski definition) is 4. The number of rotatable bonds is 7. The van der Waals surface area contributed by atoms with Crippen LogP contribution in [0.1, 0.15) is 21.5 Å². The van der Waals surface area contributed by atoms with Crippen molar-refractivity contribution in [1.29, 1.82) is 0 Å². The fraction of sp³-hybridized carbons (Fsp3) is 0.200. The first-order valence-corrected chi connectivity index (χ1v) is 11.5. The van der Waals surface area contributed by atoms with Crippen LogP contribution >= 0.6 is 23.2 Å². The molecular formula is C20H18Cl2N2O5S. The van der Waals surface area contributed by atoms with Crippen LogP contribution in [0.4, 0.5) is 0 Å². The van der Waals surface area contributed by atoms with Crippen molar-refractivity contribution in [3.63, 3.8) is 0 Å². The van der Waals surface area contributed by atoms with Gasteiger partial charge in [0.1, 0.15) is 5.56 Å². The Kier molecular flexibility index (Phi) is 6.52. The maximum Gasteiger partial charge on any atom is 0.341 e. The highest BCUT2D eigenvalue weighted by Crippen LogP contribution is 2.28. The Bertz CT molecular complexity index is 1300. The number of carboxylic acids is 1. The molecule has 0 aliphatic rings. The summed E-state index contributed by atoms with van der Waals surface area (Å²) in [4.78, 5) is 24.3. The highest BCUT2D eigenvalue weighted by molar-refractivity contribution is 7.88. The molecule has 2 aromatic carbocycles. The molecule has 0 aliphatic heterocycles. The van der Waals surface area contributed by atoms with Gasteiger partial charge in [-0.2, -0.15) is 0 Å². The zero-order valence-corrected chi connectivity index (χ0v) is 18.2. The Morgan fingerprint density at radius 2 is 1.93 bits per heavy atom. The van der Waals surface area contributed by atoms with Crippen LogP contribution in [0.15, 0.2) is 47.4 Å². The second-order valence-corrected chi connectivity index (χ2v) is 9.40. The third-order valence-corrected chi connectivity index (χ3v) is 6.10. The zero-order chi connectivity index (χ0) is 22.1. The van der Waals surface area contributed by atoms with E-state index >= 15 is 0 Å². The van der Waals surface area contributed by atoms with Gasteiger partial charge in [0.05, 0.1) is 21.8 Å². The van der Waals surface area contributed by atoms with E-state index in [0.29, 0.717) is 22.0 Å². The summed E-state index contributed by atoms with van der Waals surface area (Å²) in [5.74, 6) is -1.35. The Morgan fingerprint density at radius 3 is 2.60 bits per heavy atom. The van der Waals surface area contributed by atoms with Gasteiger partial charge in [-0.25, -0.2) is 17.9 Å². The third-order valence-electron chi connectivity index (χ3n) is 4.52. The molecule has 0 radical (unpaired) electrons. The van der Waals surface area contributed by atoms with E-state index < -0.39 is 21.4 Å². The SMILES string of the molecule is CS(=O)(=O)NCCn1cc(C(=O)O)c(=O)c2cc(Cc3cccc(Cl)c3Cl)ccc21. The van der Waals surface area contributed by atoms with Crippen LogP contribution in [-0.4, -0.2) is 36.9 Å². The summed E-state index contributed by atoms with van der Waals surface area (Å²) in [6, 6.07) is 10.4. The van der Waals surface area contributed by atoms with Gasteiger partial charge in [-0.3, -0.25) is 4.79 Å². The molecule has 3 rings (SSSR count). The predicted octanol–water partition coefficient (Wildman–Crippen LogP) is 3.15.